The molecule has 1 fully saturated rings. The fraction of sp³-hybridized carbons (Fsp3) is 0.238. The van der Waals surface area contributed by atoms with Gasteiger partial charge in [-0.05, 0) is 55.5 Å². The van der Waals surface area contributed by atoms with Crippen LogP contribution in [0.3, 0.4) is 0 Å². The van der Waals surface area contributed by atoms with Crippen molar-refractivity contribution in [2.24, 2.45) is 0 Å². The number of pyridine rings is 1. The van der Waals surface area contributed by atoms with Crippen LogP contribution in [0.25, 0.3) is 0 Å². The predicted molar refractivity (Wildman–Crippen MR) is 125 cm³/mol. The van der Waals surface area contributed by atoms with E-state index in [-0.39, 0.29) is 12.1 Å². The van der Waals surface area contributed by atoms with Crippen LogP contribution in [0.5, 0.6) is 5.75 Å². The molecule has 8 nitrogen and oxygen atoms in total. The Morgan fingerprint density at radius 3 is 2.61 bits per heavy atom. The Morgan fingerprint density at radius 1 is 1.19 bits per heavy atom. The zero-order chi connectivity index (χ0) is 22.2. The van der Waals surface area contributed by atoms with Crippen molar-refractivity contribution in [1.29, 1.82) is 0 Å². The molecule has 2 atom stereocenters. The molecule has 10 heteroatoms. The summed E-state index contributed by atoms with van der Waals surface area (Å²) in [5.41, 5.74) is 4.02. The number of ether oxygens (including phenoxy) is 1. The number of nitrogens with one attached hydrogen (secondary N) is 3. The Balaban J connectivity index is 1.79. The van der Waals surface area contributed by atoms with Gasteiger partial charge in [0.25, 0.3) is 0 Å². The van der Waals surface area contributed by atoms with Crippen LogP contribution in [0.2, 0.25) is 0 Å². The van der Waals surface area contributed by atoms with Crippen molar-refractivity contribution < 1.29 is 13.2 Å². The molecule has 0 saturated carbocycles. The molecule has 0 bridgehead atoms. The van der Waals surface area contributed by atoms with E-state index in [4.69, 9.17) is 17.0 Å². The topological polar surface area (TPSA) is 99.3 Å². The lowest BCUT2D eigenvalue weighted by Gasteiger charge is -2.27. The number of aryl methyl sites for hydroxylation is 1. The highest BCUT2D eigenvalue weighted by Gasteiger charge is 2.41. The molecule has 1 saturated heterocycles. The molecule has 3 heterocycles. The Bertz CT molecular complexity index is 1210. The maximum Gasteiger partial charge on any atom is 0.229 e. The minimum Gasteiger partial charge on any atom is -0.494 e. The number of rotatable bonds is 6. The minimum atomic E-state index is -3.44. The van der Waals surface area contributed by atoms with E-state index in [1.54, 1.807) is 18.3 Å². The minimum absolute atomic E-state index is 0.174. The van der Waals surface area contributed by atoms with Crippen molar-refractivity contribution in [3.63, 3.8) is 0 Å². The summed E-state index contributed by atoms with van der Waals surface area (Å²) in [6.07, 6.45) is 2.86. The molecule has 3 aromatic rings. The molecule has 4 rings (SSSR count). The van der Waals surface area contributed by atoms with E-state index in [0.29, 0.717) is 16.5 Å². The molecule has 0 spiro atoms. The molecular formula is C21H23N5O3S2. The Kier molecular flexibility index (Phi) is 5.59. The molecule has 0 aliphatic carbocycles. The van der Waals surface area contributed by atoms with Crippen LogP contribution < -0.4 is 19.7 Å². The highest BCUT2D eigenvalue weighted by Crippen LogP contribution is 2.42. The number of thiocarbonyl (C=S) groups is 1. The van der Waals surface area contributed by atoms with Gasteiger partial charge < -0.3 is 19.9 Å². The number of benzene rings is 1. The van der Waals surface area contributed by atoms with Gasteiger partial charge in [-0.3, -0.25) is 9.71 Å². The molecule has 1 aliphatic heterocycles. The Morgan fingerprint density at radius 2 is 2.00 bits per heavy atom. The number of methoxy groups -OCH3 is 1. The molecule has 1 aromatic carbocycles. The second-order valence-electron chi connectivity index (χ2n) is 7.35. The summed E-state index contributed by atoms with van der Waals surface area (Å²) in [5.74, 6) is 0.397. The standard InChI is InChI=1S/C21H23N5O3S2/c1-13-7-9-17(23-13)20-19(16-6-4-5-11-22-16)24-21(30)26(20)14-8-10-15(18(12-14)29-2)25-31(3,27)28/h4-12,19-20,23,25H,1-3H3,(H,24,30)/t19-,20-/m0/s1. The first-order chi connectivity index (χ1) is 14.8. The van der Waals surface area contributed by atoms with Gasteiger partial charge in [-0.15, -0.1) is 0 Å². The number of hydrogen-bond donors (Lipinski definition) is 3. The highest BCUT2D eigenvalue weighted by atomic mass is 32.2. The van der Waals surface area contributed by atoms with Crippen LogP contribution in [0.1, 0.15) is 29.2 Å². The van der Waals surface area contributed by atoms with E-state index >= 15 is 0 Å². The number of anilines is 2. The van der Waals surface area contributed by atoms with Crippen LogP contribution in [-0.4, -0.2) is 36.9 Å². The van der Waals surface area contributed by atoms with Gasteiger partial charge in [0.15, 0.2) is 5.11 Å². The largest absolute Gasteiger partial charge is 0.494 e. The van der Waals surface area contributed by atoms with Gasteiger partial charge in [-0.1, -0.05) is 6.07 Å². The summed E-state index contributed by atoms with van der Waals surface area (Å²) in [4.78, 5) is 9.94. The van der Waals surface area contributed by atoms with Gasteiger partial charge in [0.05, 0.1) is 30.8 Å². The number of hydrogen-bond acceptors (Lipinski definition) is 5. The van der Waals surface area contributed by atoms with Crippen molar-refractivity contribution in [2.75, 3.05) is 23.0 Å². The normalized spacial score (nSPS) is 18.7. The second kappa shape index (κ2) is 8.20. The number of nitrogens with zero attached hydrogens (tertiary/aromatic N) is 2. The Labute approximate surface area is 186 Å². The van der Waals surface area contributed by atoms with Crippen LogP contribution in [-0.2, 0) is 10.0 Å². The van der Waals surface area contributed by atoms with Gasteiger partial charge in [0.2, 0.25) is 10.0 Å². The lowest BCUT2D eigenvalue weighted by Crippen LogP contribution is -2.29. The van der Waals surface area contributed by atoms with E-state index in [2.05, 4.69) is 20.0 Å². The molecular weight excluding hydrogens is 434 g/mol. The van der Waals surface area contributed by atoms with E-state index in [0.717, 1.165) is 29.0 Å². The van der Waals surface area contributed by atoms with Crippen molar-refractivity contribution >= 4 is 38.7 Å². The van der Waals surface area contributed by atoms with Gasteiger partial charge in [-0.25, -0.2) is 8.42 Å². The van der Waals surface area contributed by atoms with Crippen molar-refractivity contribution in [2.45, 2.75) is 19.0 Å². The van der Waals surface area contributed by atoms with Crippen molar-refractivity contribution in [1.82, 2.24) is 15.3 Å². The average Bonchev–Trinajstić information content (AvgIpc) is 3.30. The zero-order valence-electron chi connectivity index (χ0n) is 17.3. The summed E-state index contributed by atoms with van der Waals surface area (Å²) >= 11 is 5.70. The van der Waals surface area contributed by atoms with E-state index in [1.807, 2.05) is 48.2 Å². The molecule has 31 heavy (non-hydrogen) atoms. The van der Waals surface area contributed by atoms with E-state index in [1.165, 1.54) is 7.11 Å². The second-order valence-corrected chi connectivity index (χ2v) is 9.49. The maximum absolute atomic E-state index is 11.7. The van der Waals surface area contributed by atoms with Crippen molar-refractivity contribution in [3.05, 3.63) is 71.8 Å². The molecule has 162 valence electrons. The van der Waals surface area contributed by atoms with E-state index < -0.39 is 10.0 Å². The number of aromatic amines is 1. The molecule has 0 radical (unpaired) electrons. The smallest absolute Gasteiger partial charge is 0.229 e. The molecule has 2 aromatic heterocycles. The first-order valence-corrected chi connectivity index (χ1v) is 11.9. The molecule has 0 amide bonds. The lowest BCUT2D eigenvalue weighted by atomic mass is 10.0. The van der Waals surface area contributed by atoms with Crippen molar-refractivity contribution in [3.8, 4) is 5.75 Å². The summed E-state index contributed by atoms with van der Waals surface area (Å²) < 4.78 is 31.3. The number of aromatic nitrogens is 2. The predicted octanol–water partition coefficient (Wildman–Crippen LogP) is 3.28. The number of sulfonamides is 1. The lowest BCUT2D eigenvalue weighted by molar-refractivity contribution is 0.417. The van der Waals surface area contributed by atoms with Crippen LogP contribution >= 0.6 is 12.2 Å². The number of H-pyrrole nitrogens is 1. The zero-order valence-corrected chi connectivity index (χ0v) is 18.9. The van der Waals surface area contributed by atoms with Crippen LogP contribution in [0.4, 0.5) is 11.4 Å². The summed E-state index contributed by atoms with van der Waals surface area (Å²) in [6, 6.07) is 14.7. The fourth-order valence-corrected chi connectivity index (χ4v) is 4.68. The highest BCUT2D eigenvalue weighted by molar-refractivity contribution is 7.92. The third kappa shape index (κ3) is 4.35. The first-order valence-electron chi connectivity index (χ1n) is 9.59. The van der Waals surface area contributed by atoms with Gasteiger partial charge in [-0.2, -0.15) is 0 Å². The summed E-state index contributed by atoms with van der Waals surface area (Å²) in [6.45, 7) is 2.00. The molecule has 0 unspecified atom stereocenters. The average molecular weight is 458 g/mol. The Hall–Kier alpha value is -3.11. The third-order valence-corrected chi connectivity index (χ3v) is 5.94. The maximum atomic E-state index is 11.7. The van der Waals surface area contributed by atoms with Gasteiger partial charge in [0, 0.05) is 29.3 Å². The SMILES string of the molecule is COc1cc(N2C(=S)N[C@@H](c3ccccn3)[C@@H]2c2ccc(C)[nH]2)ccc1NS(C)(=O)=O. The first kappa shape index (κ1) is 21.1. The van der Waals surface area contributed by atoms with Crippen LogP contribution in [0.15, 0.2) is 54.7 Å². The monoisotopic (exact) mass is 457 g/mol. The van der Waals surface area contributed by atoms with Crippen LogP contribution in [0, 0.1) is 6.92 Å². The summed E-state index contributed by atoms with van der Waals surface area (Å²) in [5, 5.41) is 3.93. The molecule has 3 N–H and O–H groups in total. The van der Waals surface area contributed by atoms with E-state index in [9.17, 15) is 8.42 Å². The quantitative estimate of drug-likeness (QED) is 0.489. The fourth-order valence-electron chi connectivity index (χ4n) is 3.76. The third-order valence-electron chi connectivity index (χ3n) is 5.03. The van der Waals surface area contributed by atoms with Gasteiger partial charge in [0.1, 0.15) is 11.8 Å². The summed E-state index contributed by atoms with van der Waals surface area (Å²) in [7, 11) is -1.95. The molecule has 1 aliphatic rings. The van der Waals surface area contributed by atoms with Gasteiger partial charge >= 0.3 is 0 Å².